The van der Waals surface area contributed by atoms with Gasteiger partial charge in [0, 0.05) is 11.5 Å². The molecule has 0 saturated heterocycles. The molecular weight excluding hydrogens is 218 g/mol. The Bertz CT molecular complexity index is 429. The third-order valence-corrected chi connectivity index (χ3v) is 3.14. The van der Waals surface area contributed by atoms with Gasteiger partial charge < -0.3 is 14.3 Å². The summed E-state index contributed by atoms with van der Waals surface area (Å²) in [6, 6.07) is 4.02. The van der Waals surface area contributed by atoms with Crippen molar-refractivity contribution in [2.75, 3.05) is 21.3 Å². The molecule has 0 amide bonds. The van der Waals surface area contributed by atoms with Gasteiger partial charge in [0.2, 0.25) is 0 Å². The Balaban J connectivity index is 2.38. The van der Waals surface area contributed by atoms with Crippen LogP contribution < -0.4 is 9.47 Å². The fraction of sp³-hybridized carbons (Fsp3) is 0.462. The van der Waals surface area contributed by atoms with E-state index in [-0.39, 0.29) is 0 Å². The molecule has 0 radical (unpaired) electrons. The van der Waals surface area contributed by atoms with Crippen molar-refractivity contribution in [3.05, 3.63) is 23.3 Å². The van der Waals surface area contributed by atoms with Gasteiger partial charge in [-0.3, -0.25) is 0 Å². The topological polar surface area (TPSA) is 40.0 Å². The zero-order valence-corrected chi connectivity index (χ0v) is 10.4. The summed E-state index contributed by atoms with van der Waals surface area (Å²) in [5.74, 6) is 1.94. The number of nitrogens with zero attached hydrogens (tertiary/aromatic N) is 1. The molecule has 0 aromatic heterocycles. The number of hydrogen-bond donors (Lipinski definition) is 0. The molecule has 0 N–H and O–H groups in total. The highest BCUT2D eigenvalue weighted by Crippen LogP contribution is 2.42. The SMILES string of the molecule is CO/N=C\[C@H]1CCc2c1ccc(OC)c2OC. The second-order valence-electron chi connectivity index (χ2n) is 3.95. The van der Waals surface area contributed by atoms with Crippen LogP contribution in [0.2, 0.25) is 0 Å². The van der Waals surface area contributed by atoms with Crippen LogP contribution in [0.15, 0.2) is 17.3 Å². The maximum Gasteiger partial charge on any atom is 0.164 e. The third-order valence-electron chi connectivity index (χ3n) is 3.14. The van der Waals surface area contributed by atoms with Crippen molar-refractivity contribution in [2.45, 2.75) is 18.8 Å². The Kier molecular flexibility index (Phi) is 3.52. The fourth-order valence-electron chi connectivity index (χ4n) is 2.36. The Morgan fingerprint density at radius 3 is 2.71 bits per heavy atom. The molecule has 0 spiro atoms. The van der Waals surface area contributed by atoms with Gasteiger partial charge in [0.15, 0.2) is 11.5 Å². The maximum atomic E-state index is 5.43. The first-order valence-electron chi connectivity index (χ1n) is 5.62. The molecule has 4 heteroatoms. The highest BCUT2D eigenvalue weighted by molar-refractivity contribution is 5.71. The molecule has 0 heterocycles. The standard InChI is InChI=1S/C13H17NO3/c1-15-12-7-6-10-9(8-14-17-3)4-5-11(10)13(12)16-2/h6-9H,4-5H2,1-3H3/b14-8-/t9-/m1/s1. The normalized spacial score (nSPS) is 18.2. The fourth-order valence-corrected chi connectivity index (χ4v) is 2.36. The van der Waals surface area contributed by atoms with Crippen LogP contribution >= 0.6 is 0 Å². The van der Waals surface area contributed by atoms with Gasteiger partial charge in [-0.2, -0.15) is 0 Å². The number of rotatable bonds is 4. The predicted octanol–water partition coefficient (Wildman–Crippen LogP) is 2.37. The van der Waals surface area contributed by atoms with E-state index in [2.05, 4.69) is 11.2 Å². The molecule has 1 aliphatic rings. The first kappa shape index (κ1) is 11.8. The Morgan fingerprint density at radius 1 is 1.24 bits per heavy atom. The van der Waals surface area contributed by atoms with E-state index >= 15 is 0 Å². The smallest absolute Gasteiger partial charge is 0.164 e. The molecular formula is C13H17NO3. The molecule has 1 aliphatic carbocycles. The second kappa shape index (κ2) is 5.08. The lowest BCUT2D eigenvalue weighted by molar-refractivity contribution is 0.214. The van der Waals surface area contributed by atoms with E-state index in [1.54, 1.807) is 21.3 Å². The molecule has 17 heavy (non-hydrogen) atoms. The summed E-state index contributed by atoms with van der Waals surface area (Å²) < 4.78 is 10.7. The molecule has 0 saturated carbocycles. The Labute approximate surface area is 101 Å². The number of oxime groups is 1. The van der Waals surface area contributed by atoms with Gasteiger partial charge in [0.25, 0.3) is 0 Å². The maximum absolute atomic E-state index is 5.43. The summed E-state index contributed by atoms with van der Waals surface area (Å²) in [6.07, 6.45) is 3.86. The van der Waals surface area contributed by atoms with Crippen LogP contribution in [0.1, 0.15) is 23.5 Å². The minimum Gasteiger partial charge on any atom is -0.493 e. The summed E-state index contributed by atoms with van der Waals surface area (Å²) >= 11 is 0. The van der Waals surface area contributed by atoms with Gasteiger partial charge in [-0.25, -0.2) is 0 Å². The van der Waals surface area contributed by atoms with Gasteiger partial charge in [0.05, 0.1) is 20.4 Å². The lowest BCUT2D eigenvalue weighted by atomic mass is 10.0. The quantitative estimate of drug-likeness (QED) is 0.594. The van der Waals surface area contributed by atoms with E-state index in [1.165, 1.54) is 11.1 Å². The largest absolute Gasteiger partial charge is 0.493 e. The van der Waals surface area contributed by atoms with Crippen molar-refractivity contribution in [1.29, 1.82) is 0 Å². The van der Waals surface area contributed by atoms with Crippen LogP contribution in [-0.4, -0.2) is 27.5 Å². The number of methoxy groups -OCH3 is 2. The molecule has 1 atom stereocenters. The van der Waals surface area contributed by atoms with E-state index < -0.39 is 0 Å². The highest BCUT2D eigenvalue weighted by Gasteiger charge is 2.26. The molecule has 2 rings (SSSR count). The molecule has 0 aliphatic heterocycles. The zero-order valence-electron chi connectivity index (χ0n) is 10.4. The first-order chi connectivity index (χ1) is 8.31. The summed E-state index contributed by atoms with van der Waals surface area (Å²) in [5.41, 5.74) is 2.47. The lowest BCUT2D eigenvalue weighted by Crippen LogP contribution is -1.98. The number of fused-ring (bicyclic) bond motifs is 1. The first-order valence-corrected chi connectivity index (χ1v) is 5.62. The van der Waals surface area contributed by atoms with Crippen LogP contribution in [0.4, 0.5) is 0 Å². The van der Waals surface area contributed by atoms with Gasteiger partial charge in [0.1, 0.15) is 7.11 Å². The van der Waals surface area contributed by atoms with Crippen LogP contribution in [0.25, 0.3) is 0 Å². The van der Waals surface area contributed by atoms with Gasteiger partial charge in [-0.15, -0.1) is 0 Å². The molecule has 4 nitrogen and oxygen atoms in total. The van der Waals surface area contributed by atoms with E-state index in [1.807, 2.05) is 12.3 Å². The molecule has 92 valence electrons. The summed E-state index contributed by atoms with van der Waals surface area (Å²) in [6.45, 7) is 0. The van der Waals surface area contributed by atoms with Gasteiger partial charge in [-0.1, -0.05) is 11.2 Å². The van der Waals surface area contributed by atoms with E-state index in [4.69, 9.17) is 14.3 Å². The van der Waals surface area contributed by atoms with E-state index in [0.717, 1.165) is 24.3 Å². The van der Waals surface area contributed by atoms with E-state index in [9.17, 15) is 0 Å². The molecule has 0 fully saturated rings. The summed E-state index contributed by atoms with van der Waals surface area (Å²) in [5, 5.41) is 3.85. The van der Waals surface area contributed by atoms with Crippen molar-refractivity contribution in [1.82, 2.24) is 0 Å². The summed E-state index contributed by atoms with van der Waals surface area (Å²) in [7, 11) is 4.89. The van der Waals surface area contributed by atoms with Gasteiger partial charge >= 0.3 is 0 Å². The van der Waals surface area contributed by atoms with Crippen molar-refractivity contribution in [3.63, 3.8) is 0 Å². The number of ether oxygens (including phenoxy) is 2. The van der Waals surface area contributed by atoms with Crippen molar-refractivity contribution < 1.29 is 14.3 Å². The van der Waals surface area contributed by atoms with E-state index in [0.29, 0.717) is 5.92 Å². The number of hydrogen-bond acceptors (Lipinski definition) is 4. The average molecular weight is 235 g/mol. The Morgan fingerprint density at radius 2 is 2.06 bits per heavy atom. The van der Waals surface area contributed by atoms with Crippen LogP contribution in [0.3, 0.4) is 0 Å². The van der Waals surface area contributed by atoms with Crippen molar-refractivity contribution in [3.8, 4) is 11.5 Å². The van der Waals surface area contributed by atoms with Crippen LogP contribution in [-0.2, 0) is 11.3 Å². The van der Waals surface area contributed by atoms with Crippen molar-refractivity contribution >= 4 is 6.21 Å². The lowest BCUT2D eigenvalue weighted by Gasteiger charge is -2.12. The molecule has 0 unspecified atom stereocenters. The van der Waals surface area contributed by atoms with Crippen molar-refractivity contribution in [2.24, 2.45) is 5.16 Å². The minimum atomic E-state index is 0.310. The van der Waals surface area contributed by atoms with Crippen LogP contribution in [0, 0.1) is 0 Å². The minimum absolute atomic E-state index is 0.310. The third kappa shape index (κ3) is 2.07. The average Bonchev–Trinajstić information content (AvgIpc) is 2.78. The monoisotopic (exact) mass is 235 g/mol. The van der Waals surface area contributed by atoms with Crippen LogP contribution in [0.5, 0.6) is 11.5 Å². The molecule has 1 aromatic rings. The number of benzene rings is 1. The molecule has 1 aromatic carbocycles. The summed E-state index contributed by atoms with van der Waals surface area (Å²) in [4.78, 5) is 4.73. The predicted molar refractivity (Wildman–Crippen MR) is 66.1 cm³/mol. The Hall–Kier alpha value is -1.71. The second-order valence-corrected chi connectivity index (χ2v) is 3.95. The van der Waals surface area contributed by atoms with Gasteiger partial charge in [-0.05, 0) is 24.5 Å². The highest BCUT2D eigenvalue weighted by atomic mass is 16.6. The zero-order chi connectivity index (χ0) is 12.3. The molecule has 0 bridgehead atoms.